The first-order valence-electron chi connectivity index (χ1n) is 21.4. The SMILES string of the molecule is CCCCCCCCCCCCCCCCCCCCCCC(O)C(=O)N[C@@H](CO)[C@@H](O)C(O)CCCCCCCCCCCCCC. The van der Waals surface area contributed by atoms with E-state index in [-0.39, 0.29) is 0 Å². The van der Waals surface area contributed by atoms with E-state index in [1.165, 1.54) is 167 Å². The van der Waals surface area contributed by atoms with Crippen LogP contribution in [0.5, 0.6) is 0 Å². The van der Waals surface area contributed by atoms with Crippen LogP contribution in [0.25, 0.3) is 0 Å². The van der Waals surface area contributed by atoms with Crippen LogP contribution < -0.4 is 5.32 Å². The van der Waals surface area contributed by atoms with Crippen molar-refractivity contribution in [2.45, 2.75) is 257 Å². The monoisotopic (exact) mass is 684 g/mol. The second kappa shape index (κ2) is 37.6. The maximum Gasteiger partial charge on any atom is 0.249 e. The third-order valence-electron chi connectivity index (χ3n) is 10.3. The minimum Gasteiger partial charge on any atom is -0.394 e. The van der Waals surface area contributed by atoms with Gasteiger partial charge in [-0.15, -0.1) is 0 Å². The number of hydrogen-bond acceptors (Lipinski definition) is 5. The van der Waals surface area contributed by atoms with Crippen molar-refractivity contribution in [1.29, 1.82) is 0 Å². The van der Waals surface area contributed by atoms with Crippen LogP contribution in [0.1, 0.15) is 232 Å². The first kappa shape index (κ1) is 47.3. The average molecular weight is 684 g/mol. The van der Waals surface area contributed by atoms with Crippen molar-refractivity contribution in [3.05, 3.63) is 0 Å². The summed E-state index contributed by atoms with van der Waals surface area (Å²) in [5.41, 5.74) is 0. The minimum atomic E-state index is -1.25. The zero-order valence-electron chi connectivity index (χ0n) is 32.3. The number of amides is 1. The van der Waals surface area contributed by atoms with Crippen LogP contribution in [0.3, 0.4) is 0 Å². The van der Waals surface area contributed by atoms with E-state index in [4.69, 9.17) is 0 Å². The predicted octanol–water partition coefficient (Wildman–Crippen LogP) is 10.8. The summed E-state index contributed by atoms with van der Waals surface area (Å²) in [5, 5.41) is 43.6. The largest absolute Gasteiger partial charge is 0.394 e. The Balaban J connectivity index is 3.68. The number of rotatable bonds is 39. The van der Waals surface area contributed by atoms with E-state index < -0.39 is 36.9 Å². The molecular weight excluding hydrogens is 598 g/mol. The molecule has 0 aliphatic heterocycles. The van der Waals surface area contributed by atoms with Crippen LogP contribution >= 0.6 is 0 Å². The van der Waals surface area contributed by atoms with Gasteiger partial charge in [0.05, 0.1) is 18.8 Å². The molecule has 6 heteroatoms. The maximum atomic E-state index is 12.5. The van der Waals surface area contributed by atoms with Gasteiger partial charge >= 0.3 is 0 Å². The van der Waals surface area contributed by atoms with Gasteiger partial charge in [0.25, 0.3) is 0 Å². The Hall–Kier alpha value is -0.690. The molecule has 6 nitrogen and oxygen atoms in total. The van der Waals surface area contributed by atoms with E-state index in [0.717, 1.165) is 38.5 Å². The van der Waals surface area contributed by atoms with Crippen LogP contribution in [-0.4, -0.2) is 57.3 Å². The third kappa shape index (κ3) is 31.3. The van der Waals surface area contributed by atoms with Crippen LogP contribution in [0.2, 0.25) is 0 Å². The molecule has 1 amide bonds. The number of hydrogen-bond donors (Lipinski definition) is 5. The van der Waals surface area contributed by atoms with Crippen molar-refractivity contribution in [3.8, 4) is 0 Å². The Morgan fingerprint density at radius 2 is 0.708 bits per heavy atom. The van der Waals surface area contributed by atoms with Crippen molar-refractivity contribution in [1.82, 2.24) is 5.32 Å². The van der Waals surface area contributed by atoms with Gasteiger partial charge in [0, 0.05) is 0 Å². The maximum absolute atomic E-state index is 12.5. The summed E-state index contributed by atoms with van der Waals surface area (Å²) in [4.78, 5) is 12.5. The van der Waals surface area contributed by atoms with Crippen molar-refractivity contribution >= 4 is 5.91 Å². The van der Waals surface area contributed by atoms with E-state index in [2.05, 4.69) is 19.2 Å². The topological polar surface area (TPSA) is 110 Å². The van der Waals surface area contributed by atoms with Crippen LogP contribution in [0.4, 0.5) is 0 Å². The fourth-order valence-corrected chi connectivity index (χ4v) is 6.88. The van der Waals surface area contributed by atoms with Gasteiger partial charge in [-0.25, -0.2) is 0 Å². The molecule has 0 aromatic rings. The highest BCUT2D eigenvalue weighted by molar-refractivity contribution is 5.80. The van der Waals surface area contributed by atoms with E-state index in [1.54, 1.807) is 0 Å². The quantitative estimate of drug-likeness (QED) is 0.0414. The molecule has 2 unspecified atom stereocenters. The molecule has 4 atom stereocenters. The molecule has 5 N–H and O–H groups in total. The normalized spacial score (nSPS) is 14.2. The summed E-state index contributed by atoms with van der Waals surface area (Å²) in [6, 6.07) is -0.977. The molecule has 48 heavy (non-hydrogen) atoms. The zero-order valence-corrected chi connectivity index (χ0v) is 32.3. The molecular formula is C42H85NO5. The van der Waals surface area contributed by atoms with Gasteiger partial charge in [-0.1, -0.05) is 219 Å². The second-order valence-corrected chi connectivity index (χ2v) is 15.1. The van der Waals surface area contributed by atoms with Gasteiger partial charge in [0.15, 0.2) is 0 Å². The van der Waals surface area contributed by atoms with Gasteiger partial charge in [-0.2, -0.15) is 0 Å². The number of aliphatic hydroxyl groups excluding tert-OH is 4. The summed E-state index contributed by atoms with van der Waals surface area (Å²) >= 11 is 0. The summed E-state index contributed by atoms with van der Waals surface area (Å²) in [6.07, 6.45) is 38.4. The van der Waals surface area contributed by atoms with Crippen LogP contribution in [0.15, 0.2) is 0 Å². The highest BCUT2D eigenvalue weighted by atomic mass is 16.3. The Kier molecular flexibility index (Phi) is 37.0. The molecule has 0 rings (SSSR count). The molecule has 0 spiro atoms. The lowest BCUT2D eigenvalue weighted by Gasteiger charge is -2.27. The standard InChI is InChI=1S/C42H85NO5/c1-3-5-7-9-11-13-15-17-18-19-20-21-22-23-24-26-28-30-32-34-36-40(46)42(48)43-38(37-44)41(47)39(45)35-33-31-29-27-25-16-14-12-10-8-6-4-2/h38-41,44-47H,3-37H2,1-2H3,(H,43,48)/t38-,39?,40?,41+/m0/s1. The summed E-state index contributed by atoms with van der Waals surface area (Å²) < 4.78 is 0. The van der Waals surface area contributed by atoms with Gasteiger partial charge < -0.3 is 25.7 Å². The fourth-order valence-electron chi connectivity index (χ4n) is 6.88. The molecule has 0 aromatic heterocycles. The fraction of sp³-hybridized carbons (Fsp3) is 0.976. The lowest BCUT2D eigenvalue weighted by atomic mass is 9.99. The molecule has 0 saturated carbocycles. The molecule has 0 radical (unpaired) electrons. The number of carbonyl (C=O) groups excluding carboxylic acids is 1. The predicted molar refractivity (Wildman–Crippen MR) is 205 cm³/mol. The van der Waals surface area contributed by atoms with Crippen molar-refractivity contribution in [2.75, 3.05) is 6.61 Å². The number of aliphatic hydroxyl groups is 4. The molecule has 0 aromatic carbocycles. The Morgan fingerprint density at radius 3 is 1.00 bits per heavy atom. The minimum absolute atomic E-state index is 0.375. The number of carbonyl (C=O) groups is 1. The Morgan fingerprint density at radius 1 is 0.438 bits per heavy atom. The molecule has 0 bridgehead atoms. The third-order valence-corrected chi connectivity index (χ3v) is 10.3. The molecule has 0 aliphatic carbocycles. The molecule has 0 saturated heterocycles. The summed E-state index contributed by atoms with van der Waals surface area (Å²) in [6.45, 7) is 4.05. The van der Waals surface area contributed by atoms with Gasteiger partial charge in [-0.05, 0) is 12.8 Å². The highest BCUT2D eigenvalue weighted by Crippen LogP contribution is 2.17. The van der Waals surface area contributed by atoms with Crippen LogP contribution in [-0.2, 0) is 4.79 Å². The highest BCUT2D eigenvalue weighted by Gasteiger charge is 2.28. The van der Waals surface area contributed by atoms with Gasteiger partial charge in [0.1, 0.15) is 12.2 Å². The summed E-state index contributed by atoms with van der Waals surface area (Å²) in [7, 11) is 0. The Bertz CT molecular complexity index is 648. The lowest BCUT2D eigenvalue weighted by molar-refractivity contribution is -0.132. The lowest BCUT2D eigenvalue weighted by Crippen LogP contribution is -2.53. The van der Waals surface area contributed by atoms with Crippen molar-refractivity contribution in [2.24, 2.45) is 0 Å². The van der Waals surface area contributed by atoms with Crippen molar-refractivity contribution < 1.29 is 25.2 Å². The van der Waals surface area contributed by atoms with E-state index in [9.17, 15) is 25.2 Å². The van der Waals surface area contributed by atoms with Crippen LogP contribution in [0, 0.1) is 0 Å². The first-order valence-corrected chi connectivity index (χ1v) is 21.4. The molecule has 0 fully saturated rings. The zero-order chi connectivity index (χ0) is 35.3. The van der Waals surface area contributed by atoms with E-state index in [0.29, 0.717) is 12.8 Å². The smallest absolute Gasteiger partial charge is 0.249 e. The van der Waals surface area contributed by atoms with E-state index in [1.807, 2.05) is 0 Å². The Labute approximate surface area is 299 Å². The van der Waals surface area contributed by atoms with Crippen molar-refractivity contribution in [3.63, 3.8) is 0 Å². The number of unbranched alkanes of at least 4 members (excludes halogenated alkanes) is 30. The van der Waals surface area contributed by atoms with E-state index >= 15 is 0 Å². The summed E-state index contributed by atoms with van der Waals surface area (Å²) in [5.74, 6) is -0.580. The average Bonchev–Trinajstić information content (AvgIpc) is 3.09. The number of nitrogens with one attached hydrogen (secondary N) is 1. The first-order chi connectivity index (χ1) is 23.5. The molecule has 288 valence electrons. The van der Waals surface area contributed by atoms with Gasteiger partial charge in [-0.3, -0.25) is 4.79 Å². The second-order valence-electron chi connectivity index (χ2n) is 15.1. The molecule has 0 heterocycles. The van der Waals surface area contributed by atoms with Gasteiger partial charge in [0.2, 0.25) is 5.91 Å². The molecule has 0 aliphatic rings.